The van der Waals surface area contributed by atoms with Crippen LogP contribution in [0, 0.1) is 0 Å². The standard InChI is InChI=1S/C11H16O2Si/c14-6-5-9-1-3-10(4-2-9)12-7-11-8-13-11/h1-4,11H,5-8H2,14H3. The molecular weight excluding hydrogens is 192 g/mol. The molecule has 1 unspecified atom stereocenters. The van der Waals surface area contributed by atoms with Gasteiger partial charge < -0.3 is 9.47 Å². The first kappa shape index (κ1) is 9.74. The van der Waals surface area contributed by atoms with Gasteiger partial charge in [-0.3, -0.25) is 0 Å². The Bertz CT molecular complexity index is 280. The lowest BCUT2D eigenvalue weighted by Gasteiger charge is -2.04. The maximum atomic E-state index is 5.55. The summed E-state index contributed by atoms with van der Waals surface area (Å²) >= 11 is 0. The fraction of sp³-hybridized carbons (Fsp3) is 0.455. The third-order valence-corrected chi connectivity index (χ3v) is 2.80. The highest BCUT2D eigenvalue weighted by atomic mass is 28.1. The van der Waals surface area contributed by atoms with Gasteiger partial charge in [0.2, 0.25) is 0 Å². The van der Waals surface area contributed by atoms with E-state index in [0.29, 0.717) is 12.7 Å². The highest BCUT2D eigenvalue weighted by Gasteiger charge is 2.22. The number of rotatable bonds is 5. The molecule has 14 heavy (non-hydrogen) atoms. The van der Waals surface area contributed by atoms with Crippen molar-refractivity contribution in [2.45, 2.75) is 18.6 Å². The molecule has 0 N–H and O–H groups in total. The zero-order valence-electron chi connectivity index (χ0n) is 8.53. The fourth-order valence-electron chi connectivity index (χ4n) is 1.39. The van der Waals surface area contributed by atoms with Crippen molar-refractivity contribution in [1.29, 1.82) is 0 Å². The molecule has 1 saturated heterocycles. The molecule has 1 fully saturated rings. The molecule has 2 nitrogen and oxygen atoms in total. The SMILES string of the molecule is [SiH3]CCc1ccc(OCC2CO2)cc1. The summed E-state index contributed by atoms with van der Waals surface area (Å²) in [5.41, 5.74) is 1.41. The van der Waals surface area contributed by atoms with Gasteiger partial charge in [-0.1, -0.05) is 18.2 Å². The van der Waals surface area contributed by atoms with Gasteiger partial charge in [0.1, 0.15) is 18.5 Å². The summed E-state index contributed by atoms with van der Waals surface area (Å²) in [6.45, 7) is 1.55. The van der Waals surface area contributed by atoms with Gasteiger partial charge in [-0.25, -0.2) is 0 Å². The highest BCUT2D eigenvalue weighted by molar-refractivity contribution is 6.08. The second kappa shape index (κ2) is 4.62. The van der Waals surface area contributed by atoms with E-state index in [1.165, 1.54) is 28.3 Å². The molecular formula is C11H16O2Si. The Labute approximate surface area is 87.6 Å². The Hall–Kier alpha value is -0.803. The lowest BCUT2D eigenvalue weighted by Crippen LogP contribution is -2.03. The van der Waals surface area contributed by atoms with Crippen LogP contribution < -0.4 is 4.74 Å². The zero-order valence-corrected chi connectivity index (χ0v) is 10.5. The minimum Gasteiger partial charge on any atom is -0.491 e. The summed E-state index contributed by atoms with van der Waals surface area (Å²) in [6.07, 6.45) is 1.55. The fourth-order valence-corrected chi connectivity index (χ4v) is 1.97. The average Bonchev–Trinajstić information content (AvgIpc) is 3.01. The number of hydrogen-bond acceptors (Lipinski definition) is 2. The summed E-state index contributed by atoms with van der Waals surface area (Å²) in [5.74, 6) is 0.956. The molecule has 0 aromatic heterocycles. The van der Waals surface area contributed by atoms with E-state index in [1.54, 1.807) is 0 Å². The molecule has 0 radical (unpaired) electrons. The van der Waals surface area contributed by atoms with E-state index < -0.39 is 0 Å². The largest absolute Gasteiger partial charge is 0.491 e. The van der Waals surface area contributed by atoms with Crippen LogP contribution in [0.2, 0.25) is 6.04 Å². The Kier molecular flexibility index (Phi) is 3.21. The summed E-state index contributed by atoms with van der Waals surface area (Å²) < 4.78 is 10.6. The predicted octanol–water partition coefficient (Wildman–Crippen LogP) is 0.790. The molecule has 2 rings (SSSR count). The van der Waals surface area contributed by atoms with E-state index >= 15 is 0 Å². The van der Waals surface area contributed by atoms with Crippen molar-refractivity contribution in [2.24, 2.45) is 0 Å². The van der Waals surface area contributed by atoms with Crippen LogP contribution in [0.5, 0.6) is 5.75 Å². The van der Waals surface area contributed by atoms with Gasteiger partial charge in [0.15, 0.2) is 0 Å². The second-order valence-electron chi connectivity index (χ2n) is 3.66. The molecule has 1 atom stereocenters. The third kappa shape index (κ3) is 2.85. The lowest BCUT2D eigenvalue weighted by molar-refractivity contribution is 0.263. The van der Waals surface area contributed by atoms with Crippen LogP contribution in [-0.2, 0) is 11.2 Å². The van der Waals surface area contributed by atoms with Crippen molar-refractivity contribution in [3.63, 3.8) is 0 Å². The van der Waals surface area contributed by atoms with Gasteiger partial charge in [0.05, 0.1) is 6.61 Å². The quantitative estimate of drug-likeness (QED) is 0.527. The van der Waals surface area contributed by atoms with E-state index in [-0.39, 0.29) is 0 Å². The van der Waals surface area contributed by atoms with Crippen molar-refractivity contribution in [2.75, 3.05) is 13.2 Å². The predicted molar refractivity (Wildman–Crippen MR) is 60.1 cm³/mol. The maximum Gasteiger partial charge on any atom is 0.119 e. The molecule has 1 aliphatic rings. The first-order valence-corrected chi connectivity index (χ1v) is 6.63. The van der Waals surface area contributed by atoms with Crippen LogP contribution in [0.3, 0.4) is 0 Å². The molecule has 1 aromatic carbocycles. The van der Waals surface area contributed by atoms with Crippen LogP contribution in [0.4, 0.5) is 0 Å². The van der Waals surface area contributed by atoms with Gasteiger partial charge in [-0.15, -0.1) is 0 Å². The number of benzene rings is 1. The maximum absolute atomic E-state index is 5.55. The molecule has 0 spiro atoms. The van der Waals surface area contributed by atoms with Crippen LogP contribution in [-0.4, -0.2) is 29.6 Å². The molecule has 0 bridgehead atoms. The minimum absolute atomic E-state index is 0.344. The van der Waals surface area contributed by atoms with Crippen LogP contribution in [0.15, 0.2) is 24.3 Å². The molecule has 1 aromatic rings. The highest BCUT2D eigenvalue weighted by Crippen LogP contribution is 2.16. The number of ether oxygens (including phenoxy) is 2. The van der Waals surface area contributed by atoms with Gasteiger partial charge in [-0.05, 0) is 24.1 Å². The number of hydrogen-bond donors (Lipinski definition) is 0. The second-order valence-corrected chi connectivity index (χ2v) is 4.66. The van der Waals surface area contributed by atoms with E-state index in [4.69, 9.17) is 9.47 Å². The third-order valence-electron chi connectivity index (χ3n) is 2.30. The number of epoxide rings is 1. The summed E-state index contributed by atoms with van der Waals surface area (Å²) in [7, 11) is 1.28. The number of aryl methyl sites for hydroxylation is 1. The molecule has 0 saturated carbocycles. The Morgan fingerprint density at radius 3 is 2.64 bits per heavy atom. The van der Waals surface area contributed by atoms with Crippen molar-refractivity contribution in [3.8, 4) is 5.75 Å². The molecule has 0 aliphatic carbocycles. The zero-order chi connectivity index (χ0) is 9.80. The molecule has 3 heteroatoms. The average molecular weight is 208 g/mol. The van der Waals surface area contributed by atoms with E-state index in [1.807, 2.05) is 0 Å². The Balaban J connectivity index is 1.84. The molecule has 1 heterocycles. The van der Waals surface area contributed by atoms with Gasteiger partial charge in [0, 0.05) is 10.2 Å². The van der Waals surface area contributed by atoms with Gasteiger partial charge in [0.25, 0.3) is 0 Å². The summed E-state index contributed by atoms with van der Waals surface area (Å²) in [6, 6.07) is 9.74. The topological polar surface area (TPSA) is 21.8 Å². The van der Waals surface area contributed by atoms with Gasteiger partial charge in [-0.2, -0.15) is 0 Å². The van der Waals surface area contributed by atoms with E-state index in [0.717, 1.165) is 12.4 Å². The molecule has 0 amide bonds. The van der Waals surface area contributed by atoms with Gasteiger partial charge >= 0.3 is 0 Å². The minimum atomic E-state index is 0.344. The van der Waals surface area contributed by atoms with Crippen molar-refractivity contribution < 1.29 is 9.47 Å². The first-order valence-electron chi connectivity index (χ1n) is 5.22. The summed E-state index contributed by atoms with van der Waals surface area (Å²) in [4.78, 5) is 0. The van der Waals surface area contributed by atoms with Crippen molar-refractivity contribution >= 4 is 10.2 Å². The van der Waals surface area contributed by atoms with E-state index in [9.17, 15) is 0 Å². The van der Waals surface area contributed by atoms with Crippen LogP contribution in [0.1, 0.15) is 5.56 Å². The summed E-state index contributed by atoms with van der Waals surface area (Å²) in [5, 5.41) is 0. The normalized spacial score (nSPS) is 19.6. The van der Waals surface area contributed by atoms with Crippen LogP contribution >= 0.6 is 0 Å². The smallest absolute Gasteiger partial charge is 0.119 e. The van der Waals surface area contributed by atoms with Crippen molar-refractivity contribution in [3.05, 3.63) is 29.8 Å². The lowest BCUT2D eigenvalue weighted by atomic mass is 10.2. The Morgan fingerprint density at radius 1 is 1.36 bits per heavy atom. The van der Waals surface area contributed by atoms with Crippen LogP contribution in [0.25, 0.3) is 0 Å². The van der Waals surface area contributed by atoms with Crippen molar-refractivity contribution in [1.82, 2.24) is 0 Å². The Morgan fingerprint density at radius 2 is 2.07 bits per heavy atom. The monoisotopic (exact) mass is 208 g/mol. The first-order chi connectivity index (χ1) is 6.88. The van der Waals surface area contributed by atoms with E-state index in [2.05, 4.69) is 24.3 Å². The molecule has 1 aliphatic heterocycles. The molecule has 76 valence electrons.